The van der Waals surface area contributed by atoms with E-state index in [0.717, 1.165) is 47.6 Å². The van der Waals surface area contributed by atoms with E-state index in [-0.39, 0.29) is 0 Å². The molecule has 0 amide bonds. The van der Waals surface area contributed by atoms with E-state index in [2.05, 4.69) is 85.7 Å². The number of aromatic amines is 1. The van der Waals surface area contributed by atoms with Crippen molar-refractivity contribution >= 4 is 0 Å². The maximum Gasteiger partial charge on any atom is 0.206 e. The molecule has 2 aromatic carbocycles. The van der Waals surface area contributed by atoms with Crippen molar-refractivity contribution in [2.24, 2.45) is 0 Å². The molecule has 0 unspecified atom stereocenters. The van der Waals surface area contributed by atoms with Crippen molar-refractivity contribution in [1.29, 1.82) is 0 Å². The van der Waals surface area contributed by atoms with Crippen molar-refractivity contribution in [1.82, 2.24) is 40.4 Å². The number of nitrogens with one attached hydrogen (secondary N) is 1. The predicted molar refractivity (Wildman–Crippen MR) is 134 cm³/mol. The Labute approximate surface area is 204 Å². The van der Waals surface area contributed by atoms with E-state index in [1.807, 2.05) is 12.1 Å². The third-order valence-electron chi connectivity index (χ3n) is 6.01. The number of tetrazole rings is 1. The van der Waals surface area contributed by atoms with Crippen LogP contribution >= 0.6 is 0 Å². The lowest BCUT2D eigenvalue weighted by molar-refractivity contribution is 0.605. The van der Waals surface area contributed by atoms with E-state index < -0.39 is 0 Å². The van der Waals surface area contributed by atoms with Crippen LogP contribution in [0.4, 0.5) is 0 Å². The van der Waals surface area contributed by atoms with Gasteiger partial charge in [-0.25, -0.2) is 9.67 Å². The highest BCUT2D eigenvalue weighted by atomic mass is 15.5. The summed E-state index contributed by atoms with van der Waals surface area (Å²) in [6.07, 6.45) is 8.74. The van der Waals surface area contributed by atoms with Crippen LogP contribution in [-0.4, -0.2) is 40.4 Å². The molecule has 0 aliphatic heterocycles. The molecule has 5 rings (SSSR count). The monoisotopic (exact) mass is 464 g/mol. The summed E-state index contributed by atoms with van der Waals surface area (Å²) in [5.41, 5.74) is 5.33. The molecule has 0 bridgehead atoms. The zero-order valence-electron chi connectivity index (χ0n) is 19.8. The van der Waals surface area contributed by atoms with Crippen molar-refractivity contribution in [3.63, 3.8) is 0 Å². The summed E-state index contributed by atoms with van der Waals surface area (Å²) in [5, 5.41) is 19.3. The molecule has 8 nitrogen and oxygen atoms in total. The lowest BCUT2D eigenvalue weighted by Crippen LogP contribution is -2.07. The fourth-order valence-electron chi connectivity index (χ4n) is 4.19. The molecule has 8 heteroatoms. The van der Waals surface area contributed by atoms with Gasteiger partial charge in [-0.15, -0.1) is 10.2 Å². The number of unbranched alkanes of at least 4 members (excludes halogenated alkanes) is 2. The minimum absolute atomic E-state index is 0.530. The molecule has 3 heterocycles. The van der Waals surface area contributed by atoms with Crippen LogP contribution in [0.25, 0.3) is 22.5 Å². The summed E-state index contributed by atoms with van der Waals surface area (Å²) in [4.78, 5) is 9.13. The standard InChI is InChI=1S/C27H28N8/c1-2-3-5-10-26-29-25(17-20-8-6-4-7-9-20)32-35(26)19-21-11-13-22(14-12-21)23-15-16-28-18-24(23)27-30-33-34-31-27/h4,6-9,11-16,18H,2-3,5,10,17,19H2,1H3,(H,30,31,33,34). The second-order valence-electron chi connectivity index (χ2n) is 8.57. The van der Waals surface area contributed by atoms with Gasteiger partial charge in [0.05, 0.1) is 6.54 Å². The molecule has 0 saturated heterocycles. The Morgan fingerprint density at radius 3 is 2.51 bits per heavy atom. The number of hydrogen-bond acceptors (Lipinski definition) is 6. The Kier molecular flexibility index (Phi) is 6.98. The Morgan fingerprint density at radius 2 is 1.74 bits per heavy atom. The summed E-state index contributed by atoms with van der Waals surface area (Å²) in [5.74, 6) is 2.46. The van der Waals surface area contributed by atoms with Gasteiger partial charge < -0.3 is 0 Å². The van der Waals surface area contributed by atoms with Crippen molar-refractivity contribution < 1.29 is 0 Å². The number of hydrogen-bond donors (Lipinski definition) is 1. The van der Waals surface area contributed by atoms with Crippen LogP contribution in [0.5, 0.6) is 0 Å². The average Bonchev–Trinajstić information content (AvgIpc) is 3.56. The first-order chi connectivity index (χ1) is 17.3. The lowest BCUT2D eigenvalue weighted by atomic mass is 10.00. The van der Waals surface area contributed by atoms with Gasteiger partial charge in [0.2, 0.25) is 5.82 Å². The van der Waals surface area contributed by atoms with Gasteiger partial charge in [-0.05, 0) is 40.0 Å². The molecular formula is C27H28N8. The topological polar surface area (TPSA) is 98.1 Å². The Morgan fingerprint density at radius 1 is 0.886 bits per heavy atom. The quantitative estimate of drug-likeness (QED) is 0.296. The molecule has 5 aromatic rings. The number of H-pyrrole nitrogens is 1. The molecule has 0 atom stereocenters. The van der Waals surface area contributed by atoms with E-state index in [0.29, 0.717) is 12.4 Å². The number of nitrogens with zero attached hydrogens (tertiary/aromatic N) is 7. The highest BCUT2D eigenvalue weighted by Gasteiger charge is 2.13. The molecule has 3 aromatic heterocycles. The SMILES string of the molecule is CCCCCc1nc(Cc2ccccc2)nn1Cc1ccc(-c2ccncc2-c2nn[nH]n2)cc1. The second kappa shape index (κ2) is 10.8. The minimum Gasteiger partial charge on any atom is -0.264 e. The maximum atomic E-state index is 4.90. The zero-order chi connectivity index (χ0) is 23.9. The highest BCUT2D eigenvalue weighted by Crippen LogP contribution is 2.29. The minimum atomic E-state index is 0.530. The van der Waals surface area contributed by atoms with E-state index in [1.165, 1.54) is 24.0 Å². The van der Waals surface area contributed by atoms with Gasteiger partial charge in [0.25, 0.3) is 0 Å². The third kappa shape index (κ3) is 5.48. The van der Waals surface area contributed by atoms with Crippen LogP contribution in [0, 0.1) is 0 Å². The van der Waals surface area contributed by atoms with Crippen molar-refractivity contribution in [2.75, 3.05) is 0 Å². The summed E-state index contributed by atoms with van der Waals surface area (Å²) >= 11 is 0. The zero-order valence-corrected chi connectivity index (χ0v) is 19.8. The summed E-state index contributed by atoms with van der Waals surface area (Å²) in [6, 6.07) is 20.9. The summed E-state index contributed by atoms with van der Waals surface area (Å²) in [6.45, 7) is 2.91. The smallest absolute Gasteiger partial charge is 0.206 e. The van der Waals surface area contributed by atoms with Crippen LogP contribution < -0.4 is 0 Å². The number of rotatable bonds is 10. The van der Waals surface area contributed by atoms with Crippen LogP contribution in [0.1, 0.15) is 49.0 Å². The Bertz CT molecular complexity index is 1340. The Balaban J connectivity index is 1.37. The molecule has 176 valence electrons. The van der Waals surface area contributed by atoms with Crippen LogP contribution in [0.2, 0.25) is 0 Å². The molecule has 0 saturated carbocycles. The third-order valence-corrected chi connectivity index (χ3v) is 6.01. The van der Waals surface area contributed by atoms with Gasteiger partial charge >= 0.3 is 0 Å². The molecule has 0 radical (unpaired) electrons. The molecular weight excluding hydrogens is 436 g/mol. The predicted octanol–water partition coefficient (Wildman–Crippen LogP) is 4.89. The van der Waals surface area contributed by atoms with Crippen LogP contribution in [0.15, 0.2) is 73.1 Å². The number of benzene rings is 2. The number of pyridine rings is 1. The molecule has 1 N–H and O–H groups in total. The normalized spacial score (nSPS) is 11.1. The van der Waals surface area contributed by atoms with Crippen molar-refractivity contribution in [2.45, 2.75) is 45.6 Å². The Hall–Kier alpha value is -4.20. The molecule has 0 spiro atoms. The highest BCUT2D eigenvalue weighted by molar-refractivity contribution is 5.79. The second-order valence-corrected chi connectivity index (χ2v) is 8.57. The largest absolute Gasteiger partial charge is 0.264 e. The molecule has 0 aliphatic carbocycles. The first-order valence-corrected chi connectivity index (χ1v) is 12.0. The average molecular weight is 465 g/mol. The van der Waals surface area contributed by atoms with E-state index >= 15 is 0 Å². The van der Waals surface area contributed by atoms with Crippen LogP contribution in [0.3, 0.4) is 0 Å². The summed E-state index contributed by atoms with van der Waals surface area (Å²) in [7, 11) is 0. The summed E-state index contributed by atoms with van der Waals surface area (Å²) < 4.78 is 2.07. The van der Waals surface area contributed by atoms with Gasteiger partial charge in [-0.1, -0.05) is 74.4 Å². The van der Waals surface area contributed by atoms with Gasteiger partial charge in [0, 0.05) is 30.8 Å². The van der Waals surface area contributed by atoms with E-state index in [1.54, 1.807) is 12.4 Å². The first-order valence-electron chi connectivity index (χ1n) is 12.0. The maximum absolute atomic E-state index is 4.90. The van der Waals surface area contributed by atoms with Crippen molar-refractivity contribution in [3.8, 4) is 22.5 Å². The fraction of sp³-hybridized carbons (Fsp3) is 0.259. The molecule has 0 fully saturated rings. The number of aryl methyl sites for hydroxylation is 1. The fourth-order valence-corrected chi connectivity index (χ4v) is 4.19. The molecule has 35 heavy (non-hydrogen) atoms. The van der Waals surface area contributed by atoms with Gasteiger partial charge in [-0.3, -0.25) is 4.98 Å². The van der Waals surface area contributed by atoms with Crippen molar-refractivity contribution in [3.05, 3.63) is 95.8 Å². The van der Waals surface area contributed by atoms with E-state index in [4.69, 9.17) is 10.1 Å². The lowest BCUT2D eigenvalue weighted by Gasteiger charge is -2.09. The van der Waals surface area contributed by atoms with Gasteiger partial charge in [-0.2, -0.15) is 10.3 Å². The van der Waals surface area contributed by atoms with Gasteiger partial charge in [0.1, 0.15) is 5.82 Å². The molecule has 0 aliphatic rings. The van der Waals surface area contributed by atoms with Gasteiger partial charge in [0.15, 0.2) is 5.82 Å². The van der Waals surface area contributed by atoms with Crippen LogP contribution in [-0.2, 0) is 19.4 Å². The first kappa shape index (κ1) is 22.6. The van der Waals surface area contributed by atoms with E-state index in [9.17, 15) is 0 Å². The number of aromatic nitrogens is 8.